The van der Waals surface area contributed by atoms with Gasteiger partial charge in [-0.25, -0.2) is 0 Å². The normalized spacial score (nSPS) is 21.8. The molecule has 2 aliphatic heterocycles. The number of fused-ring (bicyclic) bond motifs is 1. The topological polar surface area (TPSA) is 51.2 Å². The molecule has 0 aliphatic carbocycles. The lowest BCUT2D eigenvalue weighted by molar-refractivity contribution is -0.138. The molecule has 0 bridgehead atoms. The summed E-state index contributed by atoms with van der Waals surface area (Å²) in [6.07, 6.45) is 5.28. The lowest BCUT2D eigenvalue weighted by Crippen LogP contribution is -2.46. The molecule has 0 N–H and O–H groups in total. The number of amides is 1. The van der Waals surface area contributed by atoms with Crippen molar-refractivity contribution in [2.24, 2.45) is 5.41 Å². The van der Waals surface area contributed by atoms with Crippen molar-refractivity contribution >= 4 is 5.91 Å². The average Bonchev–Trinajstić information content (AvgIpc) is 2.73. The van der Waals surface area contributed by atoms with Gasteiger partial charge in [-0.15, -0.1) is 0 Å². The van der Waals surface area contributed by atoms with Crippen LogP contribution in [0.1, 0.15) is 37.7 Å². The number of para-hydroxylation sites is 1. The molecule has 0 radical (unpaired) electrons. The summed E-state index contributed by atoms with van der Waals surface area (Å²) in [7, 11) is 3.70. The summed E-state index contributed by atoms with van der Waals surface area (Å²) in [5, 5.41) is 0. The first-order valence-corrected chi connectivity index (χ1v) is 10.9. The van der Waals surface area contributed by atoms with Gasteiger partial charge in [0.15, 0.2) is 0 Å². The van der Waals surface area contributed by atoms with E-state index in [1.807, 2.05) is 11.0 Å². The third-order valence-electron chi connectivity index (χ3n) is 6.25. The fourth-order valence-corrected chi connectivity index (χ4v) is 4.31. The zero-order valence-corrected chi connectivity index (χ0v) is 18.0. The standard InChI is InChI=1S/C23H36N2O4/c1-24-14-16-28-15-6-5-9-23(10-12-25(13-11-23)22(26)18-27-2)19-29-21-8-4-3-7-20(21)17-24/h3-4,7-8H,5-6,9-19H2,1-2H3. The highest BCUT2D eigenvalue weighted by molar-refractivity contribution is 5.77. The molecule has 1 amide bonds. The second kappa shape index (κ2) is 11.0. The van der Waals surface area contributed by atoms with Crippen LogP contribution in [0.25, 0.3) is 0 Å². The van der Waals surface area contributed by atoms with Gasteiger partial charge in [0.25, 0.3) is 0 Å². The first-order chi connectivity index (χ1) is 14.1. The van der Waals surface area contributed by atoms with E-state index in [1.165, 1.54) is 5.56 Å². The van der Waals surface area contributed by atoms with Gasteiger partial charge in [0.2, 0.25) is 5.91 Å². The van der Waals surface area contributed by atoms with Gasteiger partial charge in [0.1, 0.15) is 12.4 Å². The minimum Gasteiger partial charge on any atom is -0.493 e. The Labute approximate surface area is 175 Å². The van der Waals surface area contributed by atoms with Crippen LogP contribution in [-0.4, -0.2) is 75.9 Å². The number of benzene rings is 1. The first-order valence-electron chi connectivity index (χ1n) is 10.9. The number of piperidine rings is 1. The third-order valence-corrected chi connectivity index (χ3v) is 6.25. The minimum atomic E-state index is 0.0888. The summed E-state index contributed by atoms with van der Waals surface area (Å²) in [6, 6.07) is 8.35. The van der Waals surface area contributed by atoms with E-state index in [-0.39, 0.29) is 17.9 Å². The molecule has 0 saturated carbocycles. The highest BCUT2D eigenvalue weighted by Crippen LogP contribution is 2.38. The Balaban J connectivity index is 1.70. The van der Waals surface area contributed by atoms with Gasteiger partial charge in [-0.1, -0.05) is 24.6 Å². The first kappa shape index (κ1) is 22.1. The molecule has 1 fully saturated rings. The second-order valence-corrected chi connectivity index (χ2v) is 8.52. The van der Waals surface area contributed by atoms with Crippen molar-refractivity contribution in [3.63, 3.8) is 0 Å². The molecule has 6 nitrogen and oxygen atoms in total. The predicted octanol–water partition coefficient (Wildman–Crippen LogP) is 2.95. The quantitative estimate of drug-likeness (QED) is 0.759. The molecular weight excluding hydrogens is 368 g/mol. The van der Waals surface area contributed by atoms with Crippen LogP contribution in [0, 0.1) is 5.41 Å². The van der Waals surface area contributed by atoms with Crippen LogP contribution >= 0.6 is 0 Å². The molecule has 1 aromatic carbocycles. The lowest BCUT2D eigenvalue weighted by Gasteiger charge is -2.42. The minimum absolute atomic E-state index is 0.0888. The summed E-state index contributed by atoms with van der Waals surface area (Å²) >= 11 is 0. The monoisotopic (exact) mass is 404 g/mol. The van der Waals surface area contributed by atoms with Crippen LogP contribution in [0.3, 0.4) is 0 Å². The molecular formula is C23H36N2O4. The smallest absolute Gasteiger partial charge is 0.248 e. The van der Waals surface area contributed by atoms with E-state index in [0.29, 0.717) is 6.61 Å². The summed E-state index contributed by atoms with van der Waals surface area (Å²) < 4.78 is 17.3. The molecule has 6 heteroatoms. The SMILES string of the molecule is COCC(=O)N1CCC2(CCCCOCCN(C)Cc3ccccc3OC2)CC1. The zero-order chi connectivity index (χ0) is 20.5. The number of nitrogens with zero attached hydrogens (tertiary/aromatic N) is 2. The van der Waals surface area contributed by atoms with Gasteiger partial charge in [-0.05, 0) is 38.8 Å². The molecule has 3 rings (SSSR count). The van der Waals surface area contributed by atoms with Gasteiger partial charge in [-0.3, -0.25) is 9.69 Å². The summed E-state index contributed by atoms with van der Waals surface area (Å²) in [4.78, 5) is 16.4. The molecule has 1 saturated heterocycles. The van der Waals surface area contributed by atoms with E-state index in [9.17, 15) is 4.79 Å². The Morgan fingerprint density at radius 2 is 1.90 bits per heavy atom. The number of hydrogen-bond acceptors (Lipinski definition) is 5. The average molecular weight is 405 g/mol. The molecule has 0 unspecified atom stereocenters. The maximum absolute atomic E-state index is 12.2. The summed E-state index contributed by atoms with van der Waals surface area (Å²) in [5.74, 6) is 1.07. The van der Waals surface area contributed by atoms with Gasteiger partial charge in [0, 0.05) is 50.9 Å². The van der Waals surface area contributed by atoms with Crippen molar-refractivity contribution in [2.75, 3.05) is 60.2 Å². The van der Waals surface area contributed by atoms with Crippen LogP contribution < -0.4 is 4.74 Å². The molecule has 0 atom stereocenters. The van der Waals surface area contributed by atoms with Gasteiger partial charge in [0.05, 0.1) is 13.2 Å². The van der Waals surface area contributed by atoms with E-state index in [1.54, 1.807) is 7.11 Å². The predicted molar refractivity (Wildman–Crippen MR) is 113 cm³/mol. The highest BCUT2D eigenvalue weighted by atomic mass is 16.5. The summed E-state index contributed by atoms with van der Waals surface area (Å²) in [6.45, 7) is 5.80. The number of likely N-dealkylation sites (N-methyl/N-ethyl adjacent to an activating group) is 1. The van der Waals surface area contributed by atoms with Gasteiger partial charge in [-0.2, -0.15) is 0 Å². The van der Waals surface area contributed by atoms with E-state index in [0.717, 1.165) is 77.2 Å². The van der Waals surface area contributed by atoms with E-state index in [4.69, 9.17) is 14.2 Å². The lowest BCUT2D eigenvalue weighted by atomic mass is 9.75. The number of methoxy groups -OCH3 is 1. The largest absolute Gasteiger partial charge is 0.493 e. The number of ether oxygens (including phenoxy) is 3. The molecule has 0 aromatic heterocycles. The van der Waals surface area contributed by atoms with Crippen molar-refractivity contribution in [3.8, 4) is 5.75 Å². The maximum Gasteiger partial charge on any atom is 0.248 e. The van der Waals surface area contributed by atoms with Gasteiger partial charge >= 0.3 is 0 Å². The van der Waals surface area contributed by atoms with Crippen LogP contribution in [0.2, 0.25) is 0 Å². The van der Waals surface area contributed by atoms with Crippen LogP contribution in [0.5, 0.6) is 5.75 Å². The van der Waals surface area contributed by atoms with Crippen molar-refractivity contribution in [1.29, 1.82) is 0 Å². The number of hydrogen-bond donors (Lipinski definition) is 0. The molecule has 1 spiro atoms. The number of carbonyl (C=O) groups is 1. The van der Waals surface area contributed by atoms with E-state index >= 15 is 0 Å². The number of carbonyl (C=O) groups excluding carboxylic acids is 1. The molecule has 2 aliphatic rings. The van der Waals surface area contributed by atoms with Crippen LogP contribution in [0.4, 0.5) is 0 Å². The van der Waals surface area contributed by atoms with Crippen molar-refractivity contribution in [1.82, 2.24) is 9.80 Å². The second-order valence-electron chi connectivity index (χ2n) is 8.52. The Bertz CT molecular complexity index is 644. The Morgan fingerprint density at radius 1 is 1.10 bits per heavy atom. The summed E-state index contributed by atoms with van der Waals surface area (Å²) in [5.41, 5.74) is 1.34. The fourth-order valence-electron chi connectivity index (χ4n) is 4.31. The third kappa shape index (κ3) is 6.43. The molecule has 29 heavy (non-hydrogen) atoms. The van der Waals surface area contributed by atoms with Crippen molar-refractivity contribution in [2.45, 2.75) is 38.6 Å². The van der Waals surface area contributed by atoms with Crippen molar-refractivity contribution < 1.29 is 19.0 Å². The van der Waals surface area contributed by atoms with E-state index < -0.39 is 0 Å². The maximum atomic E-state index is 12.2. The molecule has 2 heterocycles. The van der Waals surface area contributed by atoms with Crippen molar-refractivity contribution in [3.05, 3.63) is 29.8 Å². The molecule has 162 valence electrons. The Morgan fingerprint density at radius 3 is 2.69 bits per heavy atom. The zero-order valence-electron chi connectivity index (χ0n) is 18.0. The van der Waals surface area contributed by atoms with E-state index in [2.05, 4.69) is 30.1 Å². The van der Waals surface area contributed by atoms with Crippen LogP contribution in [0.15, 0.2) is 24.3 Å². The number of likely N-dealkylation sites (tertiary alicyclic amines) is 1. The molecule has 1 aromatic rings. The fraction of sp³-hybridized carbons (Fsp3) is 0.696. The number of rotatable bonds is 2. The van der Waals surface area contributed by atoms with Gasteiger partial charge < -0.3 is 19.1 Å². The van der Waals surface area contributed by atoms with Crippen LogP contribution in [-0.2, 0) is 20.8 Å². The Kier molecular flexibility index (Phi) is 8.33. The Hall–Kier alpha value is -1.63. The highest BCUT2D eigenvalue weighted by Gasteiger charge is 2.36.